The third kappa shape index (κ3) is 5.12. The van der Waals surface area contributed by atoms with E-state index in [0.29, 0.717) is 5.56 Å². The first-order valence-corrected chi connectivity index (χ1v) is 8.78. The lowest BCUT2D eigenvalue weighted by atomic mass is 10.2. The van der Waals surface area contributed by atoms with E-state index in [2.05, 4.69) is 5.16 Å². The van der Waals surface area contributed by atoms with Crippen LogP contribution < -0.4 is 0 Å². The van der Waals surface area contributed by atoms with Crippen LogP contribution in [0.2, 0.25) is 0 Å². The fraction of sp³-hybridized carbons (Fsp3) is 0.385. The van der Waals surface area contributed by atoms with Gasteiger partial charge in [-0.3, -0.25) is 19.2 Å². The molecule has 0 bridgehead atoms. The largest absolute Gasteiger partial charge is 0.444 e. The normalized spacial score (nSPS) is 19.2. The molecule has 12 heteroatoms. The van der Waals surface area contributed by atoms with Gasteiger partial charge in [-0.1, -0.05) is 5.16 Å². The van der Waals surface area contributed by atoms with E-state index in [1.807, 2.05) is 0 Å². The lowest BCUT2D eigenvalue weighted by Gasteiger charge is -2.16. The molecule has 0 aromatic heterocycles. The topological polar surface area (TPSA) is 149 Å². The number of amidine groups is 1. The quantitative estimate of drug-likeness (QED) is 0.349. The molecule has 11 nitrogen and oxygen atoms in total. The predicted molar refractivity (Wildman–Crippen MR) is 83.5 cm³/mol. The predicted octanol–water partition coefficient (Wildman–Crippen LogP) is 1.07. The van der Waals surface area contributed by atoms with Crippen LogP contribution in [0.5, 0.6) is 0 Å². The molecule has 1 aliphatic heterocycles. The second-order valence-electron chi connectivity index (χ2n) is 5.23. The zero-order chi connectivity index (χ0) is 18.6. The number of non-ortho nitro benzene ring substituents is 1. The van der Waals surface area contributed by atoms with Gasteiger partial charge in [0.1, 0.15) is 12.7 Å². The van der Waals surface area contributed by atoms with Crippen molar-refractivity contribution in [2.45, 2.75) is 19.1 Å². The van der Waals surface area contributed by atoms with Gasteiger partial charge in [0.15, 0.2) is 5.84 Å². The number of carbonyl (C=O) groups excluding carboxylic acids is 1. The maximum atomic E-state index is 12.1. The van der Waals surface area contributed by atoms with Crippen molar-refractivity contribution >= 4 is 27.7 Å². The number of ether oxygens (including phenoxy) is 1. The highest BCUT2D eigenvalue weighted by atomic mass is 32.2. The van der Waals surface area contributed by atoms with Crippen molar-refractivity contribution < 1.29 is 32.3 Å². The van der Waals surface area contributed by atoms with E-state index < -0.39 is 27.2 Å². The van der Waals surface area contributed by atoms with Gasteiger partial charge in [-0.15, -0.1) is 0 Å². The Morgan fingerprint density at radius 1 is 1.44 bits per heavy atom. The van der Waals surface area contributed by atoms with E-state index in [0.717, 1.165) is 11.2 Å². The first kappa shape index (κ1) is 18.6. The monoisotopic (exact) mass is 373 g/mol. The first-order valence-electron chi connectivity index (χ1n) is 6.96. The Bertz CT molecular complexity index is 790. The molecule has 1 aromatic rings. The average molecular weight is 373 g/mol. The molecular weight excluding hydrogens is 358 g/mol. The number of hydrogen-bond acceptors (Lipinski definition) is 9. The van der Waals surface area contributed by atoms with Gasteiger partial charge in [0.05, 0.1) is 17.7 Å². The van der Waals surface area contributed by atoms with E-state index in [9.17, 15) is 23.3 Å². The van der Waals surface area contributed by atoms with Gasteiger partial charge in [-0.05, 0) is 17.7 Å². The fourth-order valence-electron chi connectivity index (χ4n) is 2.21. The molecule has 1 fully saturated rings. The summed E-state index contributed by atoms with van der Waals surface area (Å²) in [4.78, 5) is 23.1. The SMILES string of the molecule is CS(=O)(=O)O[C@@H]1C/C(=N/O)N(C(=O)OCc2ccc([N+](=O)[O-])cc2)C1. The molecular formula is C13H15N3O8S. The van der Waals surface area contributed by atoms with Crippen LogP contribution in [0.3, 0.4) is 0 Å². The van der Waals surface area contributed by atoms with Gasteiger partial charge in [0.2, 0.25) is 0 Å². The number of amides is 1. The van der Waals surface area contributed by atoms with Crippen molar-refractivity contribution in [1.82, 2.24) is 4.90 Å². The molecule has 0 saturated carbocycles. The highest BCUT2D eigenvalue weighted by Crippen LogP contribution is 2.19. The standard InChI is InChI=1S/C13H15N3O8S/c1-25(21,22)24-11-6-12(14-18)15(7-11)13(17)23-8-9-2-4-10(5-3-9)16(19)20/h2-5,11,18H,6-8H2,1H3/b14-12-/t11-/m1/s1. The summed E-state index contributed by atoms with van der Waals surface area (Å²) >= 11 is 0. The summed E-state index contributed by atoms with van der Waals surface area (Å²) in [5.41, 5.74) is 0.426. The maximum absolute atomic E-state index is 12.1. The molecule has 0 unspecified atom stereocenters. The van der Waals surface area contributed by atoms with Crippen LogP contribution in [0.25, 0.3) is 0 Å². The van der Waals surface area contributed by atoms with Crippen LogP contribution in [0, 0.1) is 10.1 Å². The van der Waals surface area contributed by atoms with Crippen LogP contribution in [0.15, 0.2) is 29.4 Å². The number of nitro groups is 1. The molecule has 136 valence electrons. The Morgan fingerprint density at radius 3 is 2.60 bits per heavy atom. The van der Waals surface area contributed by atoms with Gasteiger partial charge in [-0.25, -0.2) is 4.79 Å². The number of oxime groups is 1. The molecule has 1 saturated heterocycles. The second kappa shape index (κ2) is 7.44. The van der Waals surface area contributed by atoms with E-state index in [1.165, 1.54) is 24.3 Å². The van der Waals surface area contributed by atoms with Crippen LogP contribution >= 0.6 is 0 Å². The summed E-state index contributed by atoms with van der Waals surface area (Å²) < 4.78 is 32.1. The Kier molecular flexibility index (Phi) is 5.54. The first-order chi connectivity index (χ1) is 11.7. The van der Waals surface area contributed by atoms with Crippen molar-refractivity contribution in [3.8, 4) is 0 Å². The summed E-state index contributed by atoms with van der Waals surface area (Å²) in [5, 5.41) is 22.5. The lowest BCUT2D eigenvalue weighted by Crippen LogP contribution is -2.34. The lowest BCUT2D eigenvalue weighted by molar-refractivity contribution is -0.384. The molecule has 1 heterocycles. The number of carbonyl (C=O) groups is 1. The number of rotatable bonds is 5. The van der Waals surface area contributed by atoms with Crippen LogP contribution in [-0.4, -0.2) is 54.3 Å². The minimum atomic E-state index is -3.73. The van der Waals surface area contributed by atoms with Crippen molar-refractivity contribution in [2.75, 3.05) is 12.8 Å². The Labute approximate surface area is 142 Å². The van der Waals surface area contributed by atoms with Gasteiger partial charge in [-0.2, -0.15) is 8.42 Å². The fourth-order valence-corrected chi connectivity index (χ4v) is 2.83. The Morgan fingerprint density at radius 2 is 2.08 bits per heavy atom. The Hall–Kier alpha value is -2.73. The summed E-state index contributed by atoms with van der Waals surface area (Å²) in [7, 11) is -3.73. The van der Waals surface area contributed by atoms with Gasteiger partial charge >= 0.3 is 6.09 Å². The molecule has 2 rings (SSSR count). The zero-order valence-corrected chi connectivity index (χ0v) is 13.9. The maximum Gasteiger partial charge on any atom is 0.415 e. The minimum Gasteiger partial charge on any atom is -0.444 e. The Balaban J connectivity index is 1.96. The molecule has 0 radical (unpaired) electrons. The van der Waals surface area contributed by atoms with E-state index >= 15 is 0 Å². The summed E-state index contributed by atoms with van der Waals surface area (Å²) in [6.07, 6.45) is -0.923. The number of likely N-dealkylation sites (tertiary alicyclic amines) is 1. The smallest absolute Gasteiger partial charge is 0.415 e. The van der Waals surface area contributed by atoms with E-state index in [-0.39, 0.29) is 31.1 Å². The molecule has 1 N–H and O–H groups in total. The molecule has 0 aliphatic carbocycles. The highest BCUT2D eigenvalue weighted by molar-refractivity contribution is 7.86. The van der Waals surface area contributed by atoms with Crippen molar-refractivity contribution in [2.24, 2.45) is 5.16 Å². The van der Waals surface area contributed by atoms with Crippen LogP contribution in [-0.2, 0) is 25.6 Å². The second-order valence-corrected chi connectivity index (χ2v) is 6.83. The van der Waals surface area contributed by atoms with Crippen molar-refractivity contribution in [3.05, 3.63) is 39.9 Å². The number of nitro benzene ring substituents is 1. The molecule has 1 atom stereocenters. The molecule has 1 aromatic carbocycles. The van der Waals surface area contributed by atoms with Gasteiger partial charge < -0.3 is 9.94 Å². The highest BCUT2D eigenvalue weighted by Gasteiger charge is 2.36. The number of nitrogens with zero attached hydrogens (tertiary/aromatic N) is 3. The number of hydrogen-bond donors (Lipinski definition) is 1. The van der Waals surface area contributed by atoms with Gasteiger partial charge in [0.25, 0.3) is 15.8 Å². The van der Waals surface area contributed by atoms with Crippen LogP contribution in [0.4, 0.5) is 10.5 Å². The zero-order valence-electron chi connectivity index (χ0n) is 13.1. The number of benzene rings is 1. The third-order valence-electron chi connectivity index (χ3n) is 3.26. The molecule has 0 spiro atoms. The van der Waals surface area contributed by atoms with E-state index in [4.69, 9.17) is 14.1 Å². The summed E-state index contributed by atoms with van der Waals surface area (Å²) in [6, 6.07) is 5.42. The van der Waals surface area contributed by atoms with Gasteiger partial charge in [0, 0.05) is 18.6 Å². The van der Waals surface area contributed by atoms with Crippen molar-refractivity contribution in [1.29, 1.82) is 0 Å². The molecule has 25 heavy (non-hydrogen) atoms. The van der Waals surface area contributed by atoms with Crippen molar-refractivity contribution in [3.63, 3.8) is 0 Å². The summed E-state index contributed by atoms with van der Waals surface area (Å²) in [6.45, 7) is -0.310. The van der Waals surface area contributed by atoms with E-state index in [1.54, 1.807) is 0 Å². The minimum absolute atomic E-state index is 0.0732. The third-order valence-corrected chi connectivity index (χ3v) is 3.89. The molecule has 1 aliphatic rings. The average Bonchev–Trinajstić information content (AvgIpc) is 2.94. The van der Waals surface area contributed by atoms with Crippen LogP contribution in [0.1, 0.15) is 12.0 Å². The molecule has 1 amide bonds. The summed E-state index contributed by atoms with van der Waals surface area (Å²) in [5.74, 6) is -0.0812.